The van der Waals surface area contributed by atoms with Gasteiger partial charge >= 0.3 is 5.96 Å². The summed E-state index contributed by atoms with van der Waals surface area (Å²) in [5.74, 6) is 0.905. The molecule has 17 heavy (non-hydrogen) atoms. The highest BCUT2D eigenvalue weighted by Crippen LogP contribution is 2.11. The van der Waals surface area contributed by atoms with Crippen LogP contribution in [0, 0.1) is 0 Å². The smallest absolute Gasteiger partial charge is 0.338 e. The Hall–Kier alpha value is -1.49. The molecule has 0 aliphatic carbocycles. The number of alkyl halides is 1. The second-order valence-electron chi connectivity index (χ2n) is 3.31. The Morgan fingerprint density at radius 2 is 1.88 bits per heavy atom. The van der Waals surface area contributed by atoms with Crippen LogP contribution in [0.4, 0.5) is 4.39 Å². The predicted molar refractivity (Wildman–Crippen MR) is 60.8 cm³/mol. The fourth-order valence-electron chi connectivity index (χ4n) is 1.26. The van der Waals surface area contributed by atoms with Gasteiger partial charge in [-0.05, 0) is 17.7 Å². The summed E-state index contributed by atoms with van der Waals surface area (Å²) in [7, 11) is 0. The molecule has 0 saturated carbocycles. The molecule has 0 atom stereocenters. The monoisotopic (exact) mass is 260 g/mol. The third-order valence-corrected chi connectivity index (χ3v) is 2.01. The summed E-state index contributed by atoms with van der Waals surface area (Å²) in [6, 6.07) is 7.50. The molecule has 0 unspecified atom stereocenters. The molecule has 0 spiro atoms. The molecule has 0 fully saturated rings. The van der Waals surface area contributed by atoms with Gasteiger partial charge in [-0.15, -0.1) is 0 Å². The fraction of sp³-hybridized carbons (Fsp3) is 0.364. The lowest BCUT2D eigenvalue weighted by Crippen LogP contribution is -3.00. The molecule has 5 N–H and O–H groups in total. The topological polar surface area (TPSA) is 75.2 Å². The molecule has 0 aliphatic heterocycles. The van der Waals surface area contributed by atoms with Crippen molar-refractivity contribution in [2.45, 2.75) is 6.42 Å². The van der Waals surface area contributed by atoms with E-state index in [9.17, 15) is 4.39 Å². The summed E-state index contributed by atoms with van der Waals surface area (Å²) in [6.07, 6.45) is 0.821. The predicted octanol–water partition coefficient (Wildman–Crippen LogP) is -4.06. The van der Waals surface area contributed by atoms with Gasteiger partial charge in [0.1, 0.15) is 19.0 Å². The molecule has 96 valence electrons. The van der Waals surface area contributed by atoms with E-state index in [1.54, 1.807) is 0 Å². The van der Waals surface area contributed by atoms with Gasteiger partial charge in [-0.3, -0.25) is 16.5 Å². The van der Waals surface area contributed by atoms with E-state index in [2.05, 4.69) is 4.99 Å². The first kappa shape index (κ1) is 15.5. The van der Waals surface area contributed by atoms with Gasteiger partial charge in [-0.2, -0.15) is 0 Å². The summed E-state index contributed by atoms with van der Waals surface area (Å²) in [5.41, 5.74) is 11.7. The van der Waals surface area contributed by atoms with Gasteiger partial charge < -0.3 is 17.1 Å². The summed E-state index contributed by atoms with van der Waals surface area (Å²) in [4.78, 5) is 2.83. The minimum absolute atomic E-state index is 0. The SMILES string of the molecule is NC(N)=[NH+]CCc1ccc(OCC[18F])cc1.[Cl-]. The zero-order chi connectivity index (χ0) is 11.8. The molecular weight excluding hydrogens is 244 g/mol. The number of hydrogen-bond acceptors (Lipinski definition) is 1. The molecule has 0 amide bonds. The highest BCUT2D eigenvalue weighted by Gasteiger charge is 1.96. The molecule has 6 heteroatoms. The number of guanidine groups is 1. The Bertz CT molecular complexity index is 339. The number of hydrogen-bond donors (Lipinski definition) is 3. The van der Waals surface area contributed by atoms with Crippen molar-refractivity contribution < 1.29 is 26.5 Å². The molecule has 0 heterocycles. The van der Waals surface area contributed by atoms with Gasteiger partial charge in [0.15, 0.2) is 0 Å². The lowest BCUT2D eigenvalue weighted by Gasteiger charge is -2.04. The lowest BCUT2D eigenvalue weighted by molar-refractivity contribution is -0.458. The summed E-state index contributed by atoms with van der Waals surface area (Å²) in [5, 5.41) is 0. The van der Waals surface area contributed by atoms with Crippen molar-refractivity contribution >= 4 is 5.96 Å². The van der Waals surface area contributed by atoms with Crippen molar-refractivity contribution in [1.82, 2.24) is 0 Å². The van der Waals surface area contributed by atoms with Gasteiger partial charge in [-0.1, -0.05) is 12.1 Å². The molecule has 1 aromatic rings. The second kappa shape index (κ2) is 8.64. The number of nitrogens with one attached hydrogen (secondary N) is 1. The van der Waals surface area contributed by atoms with E-state index in [0.717, 1.165) is 12.0 Å². The Labute approximate surface area is 106 Å². The maximum Gasteiger partial charge on any atom is 0.338 e. The largest absolute Gasteiger partial charge is 1.00 e. The van der Waals surface area contributed by atoms with E-state index in [-0.39, 0.29) is 25.0 Å². The minimum atomic E-state index is -0.475. The van der Waals surface area contributed by atoms with Crippen LogP contribution in [0.25, 0.3) is 0 Å². The first-order valence-electron chi connectivity index (χ1n) is 5.12. The maximum atomic E-state index is 11.8. The number of ether oxygens (including phenoxy) is 1. The van der Waals surface area contributed by atoms with E-state index in [0.29, 0.717) is 12.3 Å². The van der Waals surface area contributed by atoms with E-state index in [4.69, 9.17) is 16.2 Å². The zero-order valence-electron chi connectivity index (χ0n) is 9.46. The van der Waals surface area contributed by atoms with Gasteiger partial charge in [0, 0.05) is 6.42 Å². The highest BCUT2D eigenvalue weighted by molar-refractivity contribution is 5.69. The standard InChI is InChI=1S/C11H16FN3O.ClH/c12-6-8-16-10-3-1-9(2-4-10)5-7-15-11(13)14;/h1-4H,5-8H2,(H4,13,14,15);1H/i12-1;. The molecule has 0 radical (unpaired) electrons. The van der Waals surface area contributed by atoms with Crippen molar-refractivity contribution in [2.75, 3.05) is 19.8 Å². The number of rotatable bonds is 6. The summed E-state index contributed by atoms with van der Waals surface area (Å²) in [6.45, 7) is 0.309. The molecule has 0 aliphatic rings. The van der Waals surface area contributed by atoms with Crippen LogP contribution in [0.2, 0.25) is 0 Å². The van der Waals surface area contributed by atoms with Gasteiger partial charge in [0.25, 0.3) is 0 Å². The normalized spacial score (nSPS) is 9.24. The first-order valence-corrected chi connectivity index (χ1v) is 5.12. The summed E-state index contributed by atoms with van der Waals surface area (Å²) >= 11 is 0. The molecule has 4 nitrogen and oxygen atoms in total. The Morgan fingerprint density at radius 3 is 2.41 bits per heavy atom. The van der Waals surface area contributed by atoms with E-state index in [1.165, 1.54) is 0 Å². The van der Waals surface area contributed by atoms with Gasteiger partial charge in [0.2, 0.25) is 0 Å². The Kier molecular flexibility index (Phi) is 7.88. The average Bonchev–Trinajstić information content (AvgIpc) is 2.27. The Morgan fingerprint density at radius 1 is 1.24 bits per heavy atom. The number of benzene rings is 1. The van der Waals surface area contributed by atoms with Crippen LogP contribution in [0.1, 0.15) is 5.56 Å². The Balaban J connectivity index is 0.00000256. The van der Waals surface area contributed by atoms with Crippen LogP contribution in [-0.4, -0.2) is 25.8 Å². The van der Waals surface area contributed by atoms with Crippen LogP contribution in [0.15, 0.2) is 24.3 Å². The van der Waals surface area contributed by atoms with Crippen LogP contribution in [0.3, 0.4) is 0 Å². The van der Waals surface area contributed by atoms with Crippen molar-refractivity contribution in [2.24, 2.45) is 11.5 Å². The number of halogens is 2. The third kappa shape index (κ3) is 6.63. The van der Waals surface area contributed by atoms with Crippen LogP contribution in [-0.2, 0) is 6.42 Å². The molecule has 0 saturated heterocycles. The molecular formula is C11H17ClFN3O. The van der Waals surface area contributed by atoms with Gasteiger partial charge in [0.05, 0.1) is 6.54 Å². The van der Waals surface area contributed by atoms with Crippen molar-refractivity contribution in [3.05, 3.63) is 29.8 Å². The van der Waals surface area contributed by atoms with Crippen molar-refractivity contribution in [3.8, 4) is 5.75 Å². The number of nitrogens with two attached hydrogens (primary N) is 2. The lowest BCUT2D eigenvalue weighted by atomic mass is 10.1. The second-order valence-corrected chi connectivity index (χ2v) is 3.31. The minimum Gasteiger partial charge on any atom is -1.00 e. The summed E-state index contributed by atoms with van der Waals surface area (Å²) < 4.78 is 17.0. The first-order chi connectivity index (χ1) is 7.72. The van der Waals surface area contributed by atoms with Crippen LogP contribution >= 0.6 is 0 Å². The van der Waals surface area contributed by atoms with Crippen molar-refractivity contribution in [3.63, 3.8) is 0 Å². The third-order valence-electron chi connectivity index (χ3n) is 2.01. The van der Waals surface area contributed by atoms with Gasteiger partial charge in [-0.25, -0.2) is 4.39 Å². The quantitative estimate of drug-likeness (QED) is 0.360. The molecule has 1 rings (SSSR count). The van der Waals surface area contributed by atoms with Crippen LogP contribution < -0.4 is 33.6 Å². The van der Waals surface area contributed by atoms with Crippen LogP contribution in [0.5, 0.6) is 5.75 Å². The molecule has 0 aromatic heterocycles. The highest BCUT2D eigenvalue weighted by atomic mass is 35.5. The van der Waals surface area contributed by atoms with E-state index in [1.807, 2.05) is 24.3 Å². The molecule has 1 aromatic carbocycles. The maximum absolute atomic E-state index is 11.8. The molecule has 0 bridgehead atoms. The van der Waals surface area contributed by atoms with Crippen molar-refractivity contribution in [1.29, 1.82) is 0 Å². The van der Waals surface area contributed by atoms with E-state index < -0.39 is 6.67 Å². The zero-order valence-corrected chi connectivity index (χ0v) is 10.2. The average molecular weight is 261 g/mol. The fourth-order valence-corrected chi connectivity index (χ4v) is 1.26. The van der Waals surface area contributed by atoms with E-state index >= 15 is 0 Å².